The summed E-state index contributed by atoms with van der Waals surface area (Å²) in [5, 5.41) is 18.2. The highest BCUT2D eigenvalue weighted by Crippen LogP contribution is 2.42. The SMILES string of the molecule is Cc1nnc(-c2cc(C(=O)N3CCC(c4ccc(C#N)cc4Cl)CC3)c(C)cc2C2CCC2)[nH]1. The summed E-state index contributed by atoms with van der Waals surface area (Å²) in [6.07, 6.45) is 5.31. The van der Waals surface area contributed by atoms with Gasteiger partial charge in [-0.25, -0.2) is 0 Å². The van der Waals surface area contributed by atoms with Crippen molar-refractivity contribution < 1.29 is 4.79 Å². The molecule has 1 aliphatic carbocycles. The highest BCUT2D eigenvalue weighted by atomic mass is 35.5. The number of benzene rings is 2. The molecule has 34 heavy (non-hydrogen) atoms. The number of amides is 1. The maximum Gasteiger partial charge on any atom is 0.254 e. The van der Waals surface area contributed by atoms with Gasteiger partial charge in [-0.3, -0.25) is 4.79 Å². The number of halogens is 1. The van der Waals surface area contributed by atoms with Gasteiger partial charge in [-0.2, -0.15) is 5.26 Å². The number of aromatic nitrogens is 3. The third-order valence-electron chi connectivity index (χ3n) is 7.38. The van der Waals surface area contributed by atoms with Crippen LogP contribution in [0, 0.1) is 25.2 Å². The molecular formula is C27H28ClN5O. The lowest BCUT2D eigenvalue weighted by atomic mass is 9.77. The van der Waals surface area contributed by atoms with Gasteiger partial charge >= 0.3 is 0 Å². The van der Waals surface area contributed by atoms with E-state index >= 15 is 0 Å². The molecule has 0 spiro atoms. The van der Waals surface area contributed by atoms with Crippen LogP contribution in [0.15, 0.2) is 30.3 Å². The van der Waals surface area contributed by atoms with E-state index in [0.717, 1.165) is 46.7 Å². The van der Waals surface area contributed by atoms with Crippen LogP contribution in [0.5, 0.6) is 0 Å². The average molecular weight is 474 g/mol. The Kier molecular flexibility index (Phi) is 6.14. The molecule has 174 valence electrons. The van der Waals surface area contributed by atoms with Crippen LogP contribution in [-0.4, -0.2) is 39.1 Å². The van der Waals surface area contributed by atoms with E-state index in [1.54, 1.807) is 6.07 Å². The van der Waals surface area contributed by atoms with Crippen molar-refractivity contribution in [2.45, 2.75) is 57.8 Å². The molecule has 1 aliphatic heterocycles. The molecule has 0 atom stereocenters. The first kappa shape index (κ1) is 22.6. The molecule has 0 radical (unpaired) electrons. The lowest BCUT2D eigenvalue weighted by molar-refractivity contribution is 0.0712. The fourth-order valence-corrected chi connectivity index (χ4v) is 5.52. The lowest BCUT2D eigenvalue weighted by Gasteiger charge is -2.33. The van der Waals surface area contributed by atoms with E-state index in [2.05, 4.69) is 27.3 Å². The molecule has 0 bridgehead atoms. The van der Waals surface area contributed by atoms with Crippen LogP contribution in [0.1, 0.15) is 82.4 Å². The molecule has 6 nitrogen and oxygen atoms in total. The fourth-order valence-electron chi connectivity index (χ4n) is 5.18. The molecule has 1 amide bonds. The number of aryl methyl sites for hydroxylation is 2. The molecular weight excluding hydrogens is 446 g/mol. The van der Waals surface area contributed by atoms with Gasteiger partial charge in [0.05, 0.1) is 11.6 Å². The summed E-state index contributed by atoms with van der Waals surface area (Å²) in [6.45, 7) is 5.29. The van der Waals surface area contributed by atoms with Gasteiger partial charge in [0.2, 0.25) is 0 Å². The molecule has 2 fully saturated rings. The molecule has 1 N–H and O–H groups in total. The highest BCUT2D eigenvalue weighted by Gasteiger charge is 2.29. The van der Waals surface area contributed by atoms with Gasteiger partial charge in [-0.05, 0) is 86.3 Å². The molecule has 2 aromatic carbocycles. The minimum atomic E-state index is 0.0690. The minimum Gasteiger partial charge on any atom is -0.339 e. The number of likely N-dealkylation sites (tertiary alicyclic amines) is 1. The first-order valence-electron chi connectivity index (χ1n) is 12.0. The molecule has 2 heterocycles. The van der Waals surface area contributed by atoms with Gasteiger partial charge in [0, 0.05) is 29.2 Å². The molecule has 1 aromatic heterocycles. The van der Waals surface area contributed by atoms with Crippen molar-refractivity contribution >= 4 is 17.5 Å². The first-order chi connectivity index (χ1) is 16.4. The molecule has 7 heteroatoms. The predicted molar refractivity (Wildman–Crippen MR) is 132 cm³/mol. The van der Waals surface area contributed by atoms with Gasteiger partial charge in [0.15, 0.2) is 5.82 Å². The zero-order valence-electron chi connectivity index (χ0n) is 19.6. The highest BCUT2D eigenvalue weighted by molar-refractivity contribution is 6.31. The third-order valence-corrected chi connectivity index (χ3v) is 7.71. The number of piperidine rings is 1. The van der Waals surface area contributed by atoms with Crippen molar-refractivity contribution in [3.05, 3.63) is 69.0 Å². The predicted octanol–water partition coefficient (Wildman–Crippen LogP) is 5.90. The molecule has 5 rings (SSSR count). The maximum atomic E-state index is 13.6. The number of carbonyl (C=O) groups is 1. The largest absolute Gasteiger partial charge is 0.339 e. The molecule has 3 aromatic rings. The molecule has 1 saturated carbocycles. The number of H-pyrrole nitrogens is 1. The van der Waals surface area contributed by atoms with Crippen molar-refractivity contribution in [1.82, 2.24) is 20.1 Å². The third kappa shape index (κ3) is 4.21. The zero-order valence-corrected chi connectivity index (χ0v) is 20.3. The summed E-state index contributed by atoms with van der Waals surface area (Å²) in [7, 11) is 0. The van der Waals surface area contributed by atoms with Gasteiger partial charge in [-0.15, -0.1) is 10.2 Å². The van der Waals surface area contributed by atoms with Crippen LogP contribution in [-0.2, 0) is 0 Å². The van der Waals surface area contributed by atoms with E-state index in [-0.39, 0.29) is 5.91 Å². The summed E-state index contributed by atoms with van der Waals surface area (Å²) in [6, 6.07) is 11.8. The topological polar surface area (TPSA) is 85.7 Å². The van der Waals surface area contributed by atoms with Crippen molar-refractivity contribution in [2.24, 2.45) is 0 Å². The van der Waals surface area contributed by atoms with Crippen molar-refractivity contribution in [1.29, 1.82) is 5.26 Å². The number of hydrogen-bond donors (Lipinski definition) is 1. The Morgan fingerprint density at radius 3 is 2.38 bits per heavy atom. The second-order valence-corrected chi connectivity index (χ2v) is 9.96. The van der Waals surface area contributed by atoms with Gasteiger partial charge < -0.3 is 9.88 Å². The Morgan fingerprint density at radius 1 is 1.06 bits per heavy atom. The van der Waals surface area contributed by atoms with Crippen LogP contribution in [0.2, 0.25) is 5.02 Å². The average Bonchev–Trinajstić information content (AvgIpc) is 3.24. The molecule has 0 unspecified atom stereocenters. The number of rotatable bonds is 4. The Morgan fingerprint density at radius 2 is 1.79 bits per heavy atom. The summed E-state index contributed by atoms with van der Waals surface area (Å²) in [5.41, 5.74) is 5.66. The number of nitriles is 1. The second kappa shape index (κ2) is 9.23. The molecule has 2 aliphatic rings. The summed E-state index contributed by atoms with van der Waals surface area (Å²) < 4.78 is 0. The van der Waals surface area contributed by atoms with E-state index < -0.39 is 0 Å². The second-order valence-electron chi connectivity index (χ2n) is 9.56. The van der Waals surface area contributed by atoms with Crippen LogP contribution < -0.4 is 0 Å². The van der Waals surface area contributed by atoms with Crippen LogP contribution in [0.25, 0.3) is 11.4 Å². The van der Waals surface area contributed by atoms with E-state index in [4.69, 9.17) is 16.9 Å². The van der Waals surface area contributed by atoms with Gasteiger partial charge in [0.1, 0.15) is 5.82 Å². The van der Waals surface area contributed by atoms with E-state index in [9.17, 15) is 4.79 Å². The summed E-state index contributed by atoms with van der Waals surface area (Å²) >= 11 is 6.45. The van der Waals surface area contributed by atoms with Crippen molar-refractivity contribution in [2.75, 3.05) is 13.1 Å². The Hall–Kier alpha value is -3.17. The Labute approximate surface area is 205 Å². The van der Waals surface area contributed by atoms with E-state index in [1.807, 2.05) is 36.9 Å². The molecule has 1 saturated heterocycles. The first-order valence-corrected chi connectivity index (χ1v) is 12.4. The number of nitrogens with zero attached hydrogens (tertiary/aromatic N) is 4. The normalized spacial score (nSPS) is 16.8. The minimum absolute atomic E-state index is 0.0690. The Balaban J connectivity index is 1.37. The van der Waals surface area contributed by atoms with E-state index in [0.29, 0.717) is 35.5 Å². The number of nitrogens with one attached hydrogen (secondary N) is 1. The number of carbonyl (C=O) groups excluding carboxylic acids is 1. The number of hydrogen-bond acceptors (Lipinski definition) is 4. The van der Waals surface area contributed by atoms with Crippen molar-refractivity contribution in [3.63, 3.8) is 0 Å². The maximum absolute atomic E-state index is 13.6. The monoisotopic (exact) mass is 473 g/mol. The quantitative estimate of drug-likeness (QED) is 0.511. The van der Waals surface area contributed by atoms with Gasteiger partial charge in [0.25, 0.3) is 5.91 Å². The zero-order chi connectivity index (χ0) is 23.8. The fraction of sp³-hybridized carbons (Fsp3) is 0.407. The van der Waals surface area contributed by atoms with Crippen LogP contribution in [0.4, 0.5) is 0 Å². The van der Waals surface area contributed by atoms with Crippen molar-refractivity contribution in [3.8, 4) is 17.5 Å². The number of aromatic amines is 1. The van der Waals surface area contributed by atoms with Crippen LogP contribution >= 0.6 is 11.6 Å². The summed E-state index contributed by atoms with van der Waals surface area (Å²) in [5.74, 6) is 2.39. The lowest BCUT2D eigenvalue weighted by Crippen LogP contribution is -2.38. The standard InChI is InChI=1S/C27H28ClN5O/c1-16-12-23(19-4-3-5-19)24(26-30-17(2)31-32-26)14-22(16)27(34)33-10-8-20(9-11-33)21-7-6-18(15-29)13-25(21)28/h6-7,12-14,19-20H,3-5,8-11H2,1-2H3,(H,30,31,32). The summed E-state index contributed by atoms with van der Waals surface area (Å²) in [4.78, 5) is 18.8. The Bertz CT molecular complexity index is 1280. The van der Waals surface area contributed by atoms with E-state index in [1.165, 1.54) is 24.8 Å². The smallest absolute Gasteiger partial charge is 0.254 e. The van der Waals surface area contributed by atoms with Gasteiger partial charge in [-0.1, -0.05) is 30.2 Å². The van der Waals surface area contributed by atoms with Crippen LogP contribution in [0.3, 0.4) is 0 Å².